The smallest absolute Gasteiger partial charge is 0.254 e. The molecule has 2 bridgehead atoms. The molecule has 0 aromatic rings. The number of nitrogens with two attached hydrogens (primary N) is 1. The third kappa shape index (κ3) is 1.52. The molecule has 0 aromatic heterocycles. The first-order chi connectivity index (χ1) is 6.67. The largest absolute Gasteiger partial charge is 0.333 e. The zero-order chi connectivity index (χ0) is 11.5. The second-order valence-corrected chi connectivity index (χ2v) is 6.87. The molecule has 2 aliphatic carbocycles. The summed E-state index contributed by atoms with van der Waals surface area (Å²) in [6, 6.07) is 0. The Labute approximate surface area is 91.4 Å². The number of hydrogen-bond acceptors (Lipinski definition) is 3. The van der Waals surface area contributed by atoms with Gasteiger partial charge in [0.15, 0.2) is 0 Å². The number of fused-ring (bicyclic) bond motifs is 2. The van der Waals surface area contributed by atoms with Crippen LogP contribution in [0.15, 0.2) is 0 Å². The van der Waals surface area contributed by atoms with E-state index in [1.807, 2.05) is 0 Å². The SMILES string of the molecule is CC1(C)[C@H]2CCC1(C)[C@H](OS(N)(=O)=O)C2. The van der Waals surface area contributed by atoms with Gasteiger partial charge in [0.1, 0.15) is 0 Å². The van der Waals surface area contributed by atoms with Crippen LogP contribution in [0.1, 0.15) is 40.0 Å². The van der Waals surface area contributed by atoms with E-state index in [0.717, 1.165) is 12.8 Å². The van der Waals surface area contributed by atoms with Crippen LogP contribution in [-0.4, -0.2) is 14.5 Å². The van der Waals surface area contributed by atoms with Gasteiger partial charge >= 0.3 is 10.3 Å². The van der Waals surface area contributed by atoms with Crippen molar-refractivity contribution in [3.63, 3.8) is 0 Å². The highest BCUT2D eigenvalue weighted by Gasteiger charge is 2.62. The molecule has 0 amide bonds. The number of hydrogen-bond donors (Lipinski definition) is 1. The predicted molar refractivity (Wildman–Crippen MR) is 57.2 cm³/mol. The number of rotatable bonds is 2. The monoisotopic (exact) mass is 233 g/mol. The van der Waals surface area contributed by atoms with Gasteiger partial charge < -0.3 is 0 Å². The quantitative estimate of drug-likeness (QED) is 0.784. The summed E-state index contributed by atoms with van der Waals surface area (Å²) in [6.45, 7) is 6.53. The predicted octanol–water partition coefficient (Wildman–Crippen LogP) is 1.42. The molecule has 2 N–H and O–H groups in total. The van der Waals surface area contributed by atoms with Crippen LogP contribution in [0, 0.1) is 16.7 Å². The minimum Gasteiger partial charge on any atom is -0.254 e. The summed E-state index contributed by atoms with van der Waals surface area (Å²) in [5.41, 5.74) is 0.104. The second-order valence-electron chi connectivity index (χ2n) is 5.69. The Morgan fingerprint density at radius 3 is 2.27 bits per heavy atom. The van der Waals surface area contributed by atoms with Crippen molar-refractivity contribution in [1.82, 2.24) is 0 Å². The molecule has 0 aromatic carbocycles. The molecule has 0 heterocycles. The molecule has 88 valence electrons. The second kappa shape index (κ2) is 2.96. The molecule has 2 saturated carbocycles. The summed E-state index contributed by atoms with van der Waals surface area (Å²) in [7, 11) is -3.82. The van der Waals surface area contributed by atoms with E-state index in [0.29, 0.717) is 5.92 Å². The van der Waals surface area contributed by atoms with Crippen molar-refractivity contribution in [3.8, 4) is 0 Å². The van der Waals surface area contributed by atoms with Crippen LogP contribution < -0.4 is 5.14 Å². The summed E-state index contributed by atoms with van der Waals surface area (Å²) in [4.78, 5) is 0. The molecule has 0 aliphatic heterocycles. The maximum Gasteiger partial charge on any atom is 0.333 e. The van der Waals surface area contributed by atoms with Crippen LogP contribution in [-0.2, 0) is 14.5 Å². The van der Waals surface area contributed by atoms with Gasteiger partial charge in [0.05, 0.1) is 6.10 Å². The Balaban J connectivity index is 2.27. The van der Waals surface area contributed by atoms with Gasteiger partial charge in [-0.25, -0.2) is 5.14 Å². The van der Waals surface area contributed by atoms with E-state index in [9.17, 15) is 8.42 Å². The Morgan fingerprint density at radius 2 is 1.93 bits per heavy atom. The highest BCUT2D eigenvalue weighted by atomic mass is 32.2. The minimum absolute atomic E-state index is 0.0515. The Kier molecular flexibility index (Phi) is 2.24. The fraction of sp³-hybridized carbons (Fsp3) is 1.00. The Morgan fingerprint density at radius 1 is 1.33 bits per heavy atom. The molecule has 0 saturated heterocycles. The topological polar surface area (TPSA) is 69.4 Å². The lowest BCUT2D eigenvalue weighted by molar-refractivity contribution is 0.0346. The van der Waals surface area contributed by atoms with Gasteiger partial charge in [-0.2, -0.15) is 8.42 Å². The van der Waals surface area contributed by atoms with Crippen LogP contribution in [0.25, 0.3) is 0 Å². The maximum atomic E-state index is 11.0. The normalized spacial score (nSPS) is 43.5. The molecule has 2 fully saturated rings. The maximum absolute atomic E-state index is 11.0. The summed E-state index contributed by atoms with van der Waals surface area (Å²) < 4.78 is 27.0. The lowest BCUT2D eigenvalue weighted by Gasteiger charge is -2.38. The summed E-state index contributed by atoms with van der Waals surface area (Å²) >= 11 is 0. The molecule has 15 heavy (non-hydrogen) atoms. The third-order valence-corrected chi connectivity index (χ3v) is 5.46. The molecule has 2 aliphatic rings. The van der Waals surface area contributed by atoms with Gasteiger partial charge in [0.25, 0.3) is 0 Å². The highest BCUT2D eigenvalue weighted by Crippen LogP contribution is 2.66. The van der Waals surface area contributed by atoms with E-state index < -0.39 is 10.3 Å². The van der Waals surface area contributed by atoms with Crippen LogP contribution in [0.2, 0.25) is 0 Å². The van der Waals surface area contributed by atoms with E-state index in [1.165, 1.54) is 6.42 Å². The average molecular weight is 233 g/mol. The van der Waals surface area contributed by atoms with Gasteiger partial charge in [0.2, 0.25) is 0 Å². The first-order valence-electron chi connectivity index (χ1n) is 5.38. The molecule has 3 atom stereocenters. The van der Waals surface area contributed by atoms with Crippen molar-refractivity contribution >= 4 is 10.3 Å². The lowest BCUT2D eigenvalue weighted by Crippen LogP contribution is -2.39. The molecular weight excluding hydrogens is 214 g/mol. The van der Waals surface area contributed by atoms with E-state index in [-0.39, 0.29) is 16.9 Å². The van der Waals surface area contributed by atoms with Crippen molar-refractivity contribution < 1.29 is 12.6 Å². The standard InChI is InChI=1S/C10H19NO3S/c1-9(2)7-4-5-10(9,3)8(6-7)14-15(11,12)13/h7-8H,4-6H2,1-3H3,(H2,11,12,13)/t7-,8+,10?/m0/s1. The lowest BCUT2D eigenvalue weighted by atomic mass is 9.70. The van der Waals surface area contributed by atoms with Crippen molar-refractivity contribution in [2.75, 3.05) is 0 Å². The fourth-order valence-electron chi connectivity index (χ4n) is 3.44. The molecular formula is C10H19NO3S. The summed E-state index contributed by atoms with van der Waals surface area (Å²) in [5, 5.41) is 4.94. The van der Waals surface area contributed by atoms with E-state index in [4.69, 9.17) is 9.32 Å². The first kappa shape index (κ1) is 11.4. The molecule has 4 nitrogen and oxygen atoms in total. The van der Waals surface area contributed by atoms with Crippen LogP contribution in [0.3, 0.4) is 0 Å². The van der Waals surface area contributed by atoms with E-state index in [2.05, 4.69) is 20.8 Å². The van der Waals surface area contributed by atoms with E-state index in [1.54, 1.807) is 0 Å². The van der Waals surface area contributed by atoms with Gasteiger partial charge in [-0.1, -0.05) is 20.8 Å². The zero-order valence-electron chi connectivity index (χ0n) is 9.49. The first-order valence-corrected chi connectivity index (χ1v) is 6.85. The van der Waals surface area contributed by atoms with Gasteiger partial charge in [0, 0.05) is 5.41 Å². The van der Waals surface area contributed by atoms with Gasteiger partial charge in [-0.05, 0) is 30.6 Å². The van der Waals surface area contributed by atoms with Gasteiger partial charge in [-0.15, -0.1) is 0 Å². The van der Waals surface area contributed by atoms with Crippen molar-refractivity contribution in [2.24, 2.45) is 21.9 Å². The van der Waals surface area contributed by atoms with Crippen molar-refractivity contribution in [3.05, 3.63) is 0 Å². The molecule has 0 spiro atoms. The third-order valence-electron chi connectivity index (χ3n) is 4.96. The molecule has 2 rings (SSSR count). The van der Waals surface area contributed by atoms with Crippen molar-refractivity contribution in [2.45, 2.75) is 46.1 Å². The van der Waals surface area contributed by atoms with Crippen LogP contribution >= 0.6 is 0 Å². The van der Waals surface area contributed by atoms with Gasteiger partial charge in [-0.3, -0.25) is 4.18 Å². The summed E-state index contributed by atoms with van der Waals surface area (Å²) in [6.07, 6.45) is 2.79. The van der Waals surface area contributed by atoms with Crippen LogP contribution in [0.5, 0.6) is 0 Å². The van der Waals surface area contributed by atoms with Crippen LogP contribution in [0.4, 0.5) is 0 Å². The molecule has 0 radical (unpaired) electrons. The minimum atomic E-state index is -3.82. The summed E-state index contributed by atoms with van der Waals surface area (Å²) in [5.74, 6) is 0.564. The Hall–Kier alpha value is -0.130. The van der Waals surface area contributed by atoms with Crippen molar-refractivity contribution in [1.29, 1.82) is 0 Å². The molecule has 5 heteroatoms. The van der Waals surface area contributed by atoms with E-state index >= 15 is 0 Å². The zero-order valence-corrected chi connectivity index (χ0v) is 10.3. The Bertz CT molecular complexity index is 376. The fourth-order valence-corrected chi connectivity index (χ4v) is 4.05. The molecule has 1 unspecified atom stereocenters. The highest BCUT2D eigenvalue weighted by molar-refractivity contribution is 7.84. The average Bonchev–Trinajstić information content (AvgIpc) is 2.34.